The smallest absolute Gasteiger partial charge is 0.231 e. The molecule has 1 aromatic carbocycles. The Morgan fingerprint density at radius 3 is 2.43 bits per heavy atom. The van der Waals surface area contributed by atoms with Gasteiger partial charge < -0.3 is 20.1 Å². The van der Waals surface area contributed by atoms with Crippen LogP contribution in [0, 0.1) is 6.92 Å². The molecule has 0 radical (unpaired) electrons. The summed E-state index contributed by atoms with van der Waals surface area (Å²) in [5.74, 6) is 3.11. The number of hydrazone groups is 1. The first kappa shape index (κ1) is 25.4. The molecule has 3 N–H and O–H groups in total. The molecule has 0 aliphatic rings. The molecule has 4 aromatic rings. The summed E-state index contributed by atoms with van der Waals surface area (Å²) in [6.45, 7) is 4.53. The van der Waals surface area contributed by atoms with Crippen molar-refractivity contribution in [2.24, 2.45) is 5.10 Å². The second kappa shape index (κ2) is 12.3. The van der Waals surface area contributed by atoms with Crippen molar-refractivity contribution < 1.29 is 9.47 Å². The minimum absolute atomic E-state index is 0.423. The van der Waals surface area contributed by atoms with Gasteiger partial charge in [0.1, 0.15) is 5.82 Å². The van der Waals surface area contributed by atoms with E-state index in [1.165, 1.54) is 0 Å². The molecule has 0 amide bonds. The molecule has 0 aliphatic carbocycles. The fourth-order valence-electron chi connectivity index (χ4n) is 3.58. The molecule has 3 aromatic heterocycles. The van der Waals surface area contributed by atoms with Crippen LogP contribution in [0.25, 0.3) is 0 Å². The number of ether oxygens (including phenoxy) is 2. The Labute approximate surface area is 216 Å². The van der Waals surface area contributed by atoms with Crippen LogP contribution in [-0.4, -0.2) is 46.4 Å². The van der Waals surface area contributed by atoms with Gasteiger partial charge in [-0.15, -0.1) is 0 Å². The van der Waals surface area contributed by atoms with Crippen molar-refractivity contribution >= 4 is 29.0 Å². The summed E-state index contributed by atoms with van der Waals surface area (Å²) in [6, 6.07) is 13.5. The molecule has 0 unspecified atom stereocenters. The third kappa shape index (κ3) is 6.69. The highest BCUT2D eigenvalue weighted by atomic mass is 16.5. The van der Waals surface area contributed by atoms with E-state index in [1.807, 2.05) is 56.3 Å². The van der Waals surface area contributed by atoms with E-state index in [0.717, 1.165) is 34.5 Å². The van der Waals surface area contributed by atoms with Crippen molar-refractivity contribution in [2.75, 3.05) is 36.8 Å². The molecule has 4 rings (SSSR count). The van der Waals surface area contributed by atoms with Gasteiger partial charge in [0.05, 0.1) is 31.8 Å². The average molecular weight is 499 g/mol. The van der Waals surface area contributed by atoms with Crippen LogP contribution in [-0.2, 0) is 6.42 Å². The highest BCUT2D eigenvalue weighted by Gasteiger charge is 2.12. The zero-order valence-corrected chi connectivity index (χ0v) is 21.3. The van der Waals surface area contributed by atoms with E-state index in [-0.39, 0.29) is 0 Å². The summed E-state index contributed by atoms with van der Waals surface area (Å²) in [4.78, 5) is 17.6. The van der Waals surface area contributed by atoms with Crippen LogP contribution in [0.3, 0.4) is 0 Å². The fourth-order valence-corrected chi connectivity index (χ4v) is 3.58. The monoisotopic (exact) mass is 498 g/mol. The second-order valence-electron chi connectivity index (χ2n) is 8.15. The topological polar surface area (TPSA) is 118 Å². The van der Waals surface area contributed by atoms with Crippen LogP contribution in [0.1, 0.15) is 23.6 Å². The summed E-state index contributed by atoms with van der Waals surface area (Å²) in [6.07, 6.45) is 7.66. The number of hydrogen-bond acceptors (Lipinski definition) is 10. The van der Waals surface area contributed by atoms with Crippen LogP contribution < -0.4 is 25.5 Å². The van der Waals surface area contributed by atoms with Crippen molar-refractivity contribution in [1.82, 2.24) is 19.9 Å². The number of nitrogens with zero attached hydrogens (tertiary/aromatic N) is 5. The van der Waals surface area contributed by atoms with Crippen LogP contribution in [0.5, 0.6) is 11.5 Å². The summed E-state index contributed by atoms with van der Waals surface area (Å²) >= 11 is 0. The largest absolute Gasteiger partial charge is 0.493 e. The number of nitrogens with one attached hydrogen (secondary N) is 3. The molecule has 0 atom stereocenters. The van der Waals surface area contributed by atoms with Crippen LogP contribution in [0.2, 0.25) is 0 Å². The van der Waals surface area contributed by atoms with Gasteiger partial charge in [-0.2, -0.15) is 15.1 Å². The zero-order valence-electron chi connectivity index (χ0n) is 21.3. The fraction of sp³-hybridized carbons (Fsp3) is 0.222. The van der Waals surface area contributed by atoms with E-state index in [1.54, 1.807) is 39.0 Å². The van der Waals surface area contributed by atoms with Gasteiger partial charge >= 0.3 is 0 Å². The summed E-state index contributed by atoms with van der Waals surface area (Å²) in [5.41, 5.74) is 7.62. The number of rotatable bonds is 11. The van der Waals surface area contributed by atoms with Crippen molar-refractivity contribution in [3.8, 4) is 11.5 Å². The van der Waals surface area contributed by atoms with Crippen molar-refractivity contribution in [3.05, 3.63) is 83.9 Å². The Balaban J connectivity index is 1.55. The van der Waals surface area contributed by atoms with Gasteiger partial charge in [0.2, 0.25) is 5.95 Å². The van der Waals surface area contributed by atoms with E-state index in [9.17, 15) is 0 Å². The van der Waals surface area contributed by atoms with E-state index >= 15 is 0 Å². The molecule has 0 spiro atoms. The number of hydrogen-bond donors (Lipinski definition) is 3. The molecular formula is C27H30N8O2. The first-order chi connectivity index (χ1) is 18.1. The first-order valence-corrected chi connectivity index (χ1v) is 11.8. The first-order valence-electron chi connectivity index (χ1n) is 11.8. The molecule has 0 saturated carbocycles. The maximum absolute atomic E-state index is 5.42. The molecule has 0 aliphatic heterocycles. The SMILES string of the molecule is COc1ccc(CCNc2nc(Nc3cccnc3)nc(NN=C(C)c3ccncc3)c2C)cc1OC. The van der Waals surface area contributed by atoms with Crippen molar-refractivity contribution in [2.45, 2.75) is 20.3 Å². The standard InChI is InChI=1S/C27H30N8O2/c1-18-25(30-15-9-20-7-8-23(36-3)24(16-20)37-4)32-27(31-22-6-5-12-29-17-22)33-26(18)35-34-19(2)21-10-13-28-14-11-21/h5-8,10-14,16-17H,9,15H2,1-4H3,(H3,30,31,32,33,35). The highest BCUT2D eigenvalue weighted by molar-refractivity contribution is 5.98. The minimum Gasteiger partial charge on any atom is -0.493 e. The van der Waals surface area contributed by atoms with Gasteiger partial charge in [-0.3, -0.25) is 15.4 Å². The molecule has 190 valence electrons. The summed E-state index contributed by atoms with van der Waals surface area (Å²) < 4.78 is 10.8. The van der Waals surface area contributed by atoms with Crippen LogP contribution in [0.15, 0.2) is 72.4 Å². The molecular weight excluding hydrogens is 468 g/mol. The maximum Gasteiger partial charge on any atom is 0.231 e. The Hall–Kier alpha value is -4.73. The van der Waals surface area contributed by atoms with E-state index < -0.39 is 0 Å². The molecule has 0 fully saturated rings. The summed E-state index contributed by atoms with van der Waals surface area (Å²) in [7, 11) is 3.26. The van der Waals surface area contributed by atoms with E-state index in [0.29, 0.717) is 35.6 Å². The van der Waals surface area contributed by atoms with E-state index in [4.69, 9.17) is 14.5 Å². The number of methoxy groups -OCH3 is 2. The lowest BCUT2D eigenvalue weighted by atomic mass is 10.1. The molecule has 0 saturated heterocycles. The van der Waals surface area contributed by atoms with Gasteiger partial charge in [-0.25, -0.2) is 0 Å². The Morgan fingerprint density at radius 2 is 1.70 bits per heavy atom. The summed E-state index contributed by atoms with van der Waals surface area (Å²) in [5, 5.41) is 11.2. The minimum atomic E-state index is 0.423. The molecule has 10 nitrogen and oxygen atoms in total. The van der Waals surface area contributed by atoms with Crippen molar-refractivity contribution in [3.63, 3.8) is 0 Å². The van der Waals surface area contributed by atoms with Gasteiger partial charge in [0.25, 0.3) is 0 Å². The third-order valence-corrected chi connectivity index (χ3v) is 5.65. The Morgan fingerprint density at radius 1 is 0.919 bits per heavy atom. The van der Waals surface area contributed by atoms with Gasteiger partial charge in [0, 0.05) is 36.3 Å². The normalized spacial score (nSPS) is 11.1. The Kier molecular flexibility index (Phi) is 8.43. The predicted molar refractivity (Wildman–Crippen MR) is 146 cm³/mol. The van der Waals surface area contributed by atoms with E-state index in [2.05, 4.69) is 36.1 Å². The van der Waals surface area contributed by atoms with Gasteiger partial charge in [0.15, 0.2) is 17.3 Å². The third-order valence-electron chi connectivity index (χ3n) is 5.65. The zero-order chi connectivity index (χ0) is 26.0. The average Bonchev–Trinajstić information content (AvgIpc) is 2.94. The van der Waals surface area contributed by atoms with Crippen LogP contribution in [0.4, 0.5) is 23.3 Å². The van der Waals surface area contributed by atoms with Crippen molar-refractivity contribution in [1.29, 1.82) is 0 Å². The molecule has 37 heavy (non-hydrogen) atoms. The van der Waals surface area contributed by atoms with Gasteiger partial charge in [-0.05, 0) is 62.2 Å². The second-order valence-corrected chi connectivity index (χ2v) is 8.15. The number of aromatic nitrogens is 4. The lowest BCUT2D eigenvalue weighted by molar-refractivity contribution is 0.354. The lowest BCUT2D eigenvalue weighted by Crippen LogP contribution is -2.12. The Bertz CT molecular complexity index is 1350. The number of benzene rings is 1. The maximum atomic E-state index is 5.42. The number of pyridine rings is 2. The van der Waals surface area contributed by atoms with Gasteiger partial charge in [-0.1, -0.05) is 6.07 Å². The molecule has 0 bridgehead atoms. The molecule has 10 heteroatoms. The molecule has 3 heterocycles. The quantitative estimate of drug-likeness (QED) is 0.197. The predicted octanol–water partition coefficient (Wildman–Crippen LogP) is 4.83. The van der Waals surface area contributed by atoms with Crippen LogP contribution >= 0.6 is 0 Å². The highest BCUT2D eigenvalue weighted by Crippen LogP contribution is 2.28. The lowest BCUT2D eigenvalue weighted by Gasteiger charge is -2.15. The number of anilines is 4.